The zero-order valence-corrected chi connectivity index (χ0v) is 18.2. The quantitative estimate of drug-likeness (QED) is 0.682. The first-order valence-corrected chi connectivity index (χ1v) is 11.4. The first-order valence-electron chi connectivity index (χ1n) is 10.6. The van der Waals surface area contributed by atoms with Crippen molar-refractivity contribution >= 4 is 17.2 Å². The molecule has 0 radical (unpaired) electrons. The van der Waals surface area contributed by atoms with Gasteiger partial charge in [0.05, 0.1) is 4.88 Å². The molecule has 2 fully saturated rings. The van der Waals surface area contributed by atoms with Crippen molar-refractivity contribution < 1.29 is 4.79 Å². The topological polar surface area (TPSA) is 65.1 Å². The number of carbonyl (C=O) groups is 1. The molecular weight excluding hydrogens is 394 g/mol. The van der Waals surface area contributed by atoms with Crippen LogP contribution in [0.25, 0.3) is 0 Å². The number of likely N-dealkylation sites (tertiary alicyclic amines) is 2. The average Bonchev–Trinajstić information content (AvgIpc) is 3.46. The molecule has 1 amide bonds. The molecule has 2 aromatic heterocycles. The van der Waals surface area contributed by atoms with Gasteiger partial charge < -0.3 is 4.90 Å². The smallest absolute Gasteiger partial charge is 0.263 e. The molecule has 4 heterocycles. The second-order valence-electron chi connectivity index (χ2n) is 8.94. The minimum absolute atomic E-state index is 0.0372. The monoisotopic (exact) mass is 421 g/mol. The van der Waals surface area contributed by atoms with E-state index in [9.17, 15) is 4.79 Å². The van der Waals surface area contributed by atoms with Crippen LogP contribution in [-0.4, -0.2) is 57.1 Å². The second-order valence-corrected chi connectivity index (χ2v) is 9.89. The molecule has 2 aliphatic heterocycles. The summed E-state index contributed by atoms with van der Waals surface area (Å²) in [6.07, 6.45) is 0. The van der Waals surface area contributed by atoms with Gasteiger partial charge in [0.2, 0.25) is 0 Å². The number of nitrogens with one attached hydrogen (secondary N) is 1. The fourth-order valence-electron chi connectivity index (χ4n) is 4.85. The SMILES string of the molecule is CC(C)c1n[nH]c(C2CN(Cc3ccccc3)CC23CN(C(=O)c2cccs2)C3)n1. The fraction of sp³-hybridized carbons (Fsp3) is 0.435. The molecule has 0 saturated carbocycles. The molecule has 30 heavy (non-hydrogen) atoms. The van der Waals surface area contributed by atoms with E-state index in [2.05, 4.69) is 59.3 Å². The summed E-state index contributed by atoms with van der Waals surface area (Å²) in [7, 11) is 0. The number of carbonyl (C=O) groups excluding carboxylic acids is 1. The molecule has 5 rings (SSSR count). The van der Waals surface area contributed by atoms with Crippen LogP contribution in [0.1, 0.15) is 52.6 Å². The summed E-state index contributed by atoms with van der Waals surface area (Å²) in [5.74, 6) is 2.54. The van der Waals surface area contributed by atoms with Crippen LogP contribution in [0, 0.1) is 5.41 Å². The summed E-state index contributed by atoms with van der Waals surface area (Å²) in [6, 6.07) is 14.5. The first kappa shape index (κ1) is 19.5. The van der Waals surface area contributed by atoms with Crippen molar-refractivity contribution in [1.82, 2.24) is 25.0 Å². The van der Waals surface area contributed by atoms with Gasteiger partial charge in [-0.25, -0.2) is 4.98 Å². The van der Waals surface area contributed by atoms with E-state index in [1.54, 1.807) is 0 Å². The number of benzene rings is 1. The highest BCUT2D eigenvalue weighted by Gasteiger charge is 2.56. The van der Waals surface area contributed by atoms with Crippen LogP contribution in [0.2, 0.25) is 0 Å². The third-order valence-corrected chi connectivity index (χ3v) is 7.22. The average molecular weight is 422 g/mol. The highest BCUT2D eigenvalue weighted by Crippen LogP contribution is 2.49. The molecule has 156 valence electrons. The molecule has 1 atom stereocenters. The molecule has 6 nitrogen and oxygen atoms in total. The summed E-state index contributed by atoms with van der Waals surface area (Å²) in [4.78, 5) is 23.0. The number of nitrogens with zero attached hydrogens (tertiary/aromatic N) is 4. The van der Waals surface area contributed by atoms with E-state index in [-0.39, 0.29) is 17.2 Å². The Kier molecular flexibility index (Phi) is 4.95. The number of aromatic nitrogens is 3. The number of H-pyrrole nitrogens is 1. The van der Waals surface area contributed by atoms with E-state index in [1.807, 2.05) is 22.4 Å². The maximum Gasteiger partial charge on any atom is 0.263 e. The Morgan fingerprint density at radius 1 is 1.20 bits per heavy atom. The van der Waals surface area contributed by atoms with Crippen LogP contribution in [0.4, 0.5) is 0 Å². The Balaban J connectivity index is 1.37. The van der Waals surface area contributed by atoms with E-state index in [4.69, 9.17) is 4.98 Å². The zero-order valence-electron chi connectivity index (χ0n) is 17.4. The molecule has 1 N–H and O–H groups in total. The Hall–Kier alpha value is -2.51. The summed E-state index contributed by atoms with van der Waals surface area (Å²) in [6.45, 7) is 8.60. The molecule has 1 aromatic carbocycles. The van der Waals surface area contributed by atoms with Crippen molar-refractivity contribution in [3.63, 3.8) is 0 Å². The normalized spacial score (nSPS) is 20.8. The van der Waals surface area contributed by atoms with Crippen molar-refractivity contribution in [1.29, 1.82) is 0 Å². The van der Waals surface area contributed by atoms with Gasteiger partial charge in [-0.15, -0.1) is 11.3 Å². The van der Waals surface area contributed by atoms with Gasteiger partial charge in [0.1, 0.15) is 5.82 Å². The third-order valence-electron chi connectivity index (χ3n) is 6.36. The zero-order chi connectivity index (χ0) is 20.7. The van der Waals surface area contributed by atoms with Crippen LogP contribution in [-0.2, 0) is 6.54 Å². The number of hydrogen-bond donors (Lipinski definition) is 1. The van der Waals surface area contributed by atoms with Gasteiger partial charge in [0.25, 0.3) is 5.91 Å². The Labute approximate surface area is 180 Å². The molecule has 0 bridgehead atoms. The van der Waals surface area contributed by atoms with E-state index in [1.165, 1.54) is 16.9 Å². The standard InChI is InChI=1S/C23H27N5OS/c1-16(2)20-24-21(26-25-20)18-12-27(11-17-7-4-3-5-8-17)13-23(18)14-28(15-23)22(29)19-9-6-10-30-19/h3-10,16,18H,11-15H2,1-2H3,(H,24,25,26). The molecule has 3 aromatic rings. The van der Waals surface area contributed by atoms with Gasteiger partial charge >= 0.3 is 0 Å². The second kappa shape index (κ2) is 7.63. The Morgan fingerprint density at radius 3 is 2.67 bits per heavy atom. The fourth-order valence-corrected chi connectivity index (χ4v) is 5.54. The minimum atomic E-state index is 0.0372. The molecule has 7 heteroatoms. The van der Waals surface area contributed by atoms with Gasteiger partial charge in [0, 0.05) is 50.0 Å². The molecular formula is C23H27N5OS. The van der Waals surface area contributed by atoms with Crippen LogP contribution in [0.3, 0.4) is 0 Å². The predicted octanol–water partition coefficient (Wildman–Crippen LogP) is 3.73. The van der Waals surface area contributed by atoms with Gasteiger partial charge in [0.15, 0.2) is 5.82 Å². The summed E-state index contributed by atoms with van der Waals surface area (Å²) in [5, 5.41) is 9.64. The predicted molar refractivity (Wildman–Crippen MR) is 118 cm³/mol. The molecule has 1 unspecified atom stereocenters. The number of amides is 1. The van der Waals surface area contributed by atoms with Gasteiger partial charge in [-0.2, -0.15) is 5.10 Å². The summed E-state index contributed by atoms with van der Waals surface area (Å²) in [5.41, 5.74) is 1.36. The lowest BCUT2D eigenvalue weighted by atomic mass is 9.71. The first-order chi connectivity index (χ1) is 14.5. The summed E-state index contributed by atoms with van der Waals surface area (Å²) >= 11 is 1.52. The van der Waals surface area contributed by atoms with Gasteiger partial charge in [-0.3, -0.25) is 14.8 Å². The van der Waals surface area contributed by atoms with E-state index >= 15 is 0 Å². The third kappa shape index (κ3) is 3.46. The van der Waals surface area contributed by atoms with E-state index < -0.39 is 0 Å². The Bertz CT molecular complexity index is 1010. The molecule has 0 aliphatic carbocycles. The van der Waals surface area contributed by atoms with Crippen LogP contribution < -0.4 is 0 Å². The van der Waals surface area contributed by atoms with E-state index in [0.717, 1.165) is 49.2 Å². The van der Waals surface area contributed by atoms with E-state index in [0.29, 0.717) is 5.92 Å². The lowest BCUT2D eigenvalue weighted by molar-refractivity contribution is 0.00217. The minimum Gasteiger partial charge on any atom is -0.337 e. The summed E-state index contributed by atoms with van der Waals surface area (Å²) < 4.78 is 0. The highest BCUT2D eigenvalue weighted by molar-refractivity contribution is 7.12. The number of aromatic amines is 1. The highest BCUT2D eigenvalue weighted by atomic mass is 32.1. The van der Waals surface area contributed by atoms with Crippen molar-refractivity contribution in [3.05, 3.63) is 69.9 Å². The maximum absolute atomic E-state index is 12.8. The van der Waals surface area contributed by atoms with Gasteiger partial charge in [-0.05, 0) is 17.0 Å². The van der Waals surface area contributed by atoms with Gasteiger partial charge in [-0.1, -0.05) is 50.2 Å². The Morgan fingerprint density at radius 2 is 2.00 bits per heavy atom. The van der Waals surface area contributed by atoms with Crippen molar-refractivity contribution in [2.45, 2.75) is 32.2 Å². The van der Waals surface area contributed by atoms with Crippen molar-refractivity contribution in [2.75, 3.05) is 26.2 Å². The number of thiophene rings is 1. The van der Waals surface area contributed by atoms with Crippen molar-refractivity contribution in [3.8, 4) is 0 Å². The maximum atomic E-state index is 12.8. The lowest BCUT2D eigenvalue weighted by Crippen LogP contribution is -2.61. The van der Waals surface area contributed by atoms with Crippen LogP contribution in [0.5, 0.6) is 0 Å². The largest absolute Gasteiger partial charge is 0.337 e. The molecule has 2 saturated heterocycles. The van der Waals surface area contributed by atoms with Crippen LogP contribution >= 0.6 is 11.3 Å². The van der Waals surface area contributed by atoms with Crippen molar-refractivity contribution in [2.24, 2.45) is 5.41 Å². The molecule has 2 aliphatic rings. The number of hydrogen-bond acceptors (Lipinski definition) is 5. The lowest BCUT2D eigenvalue weighted by Gasteiger charge is -2.50. The molecule has 1 spiro atoms. The number of rotatable bonds is 5. The van der Waals surface area contributed by atoms with Crippen LogP contribution in [0.15, 0.2) is 47.8 Å².